The van der Waals surface area contributed by atoms with Crippen molar-refractivity contribution in [2.45, 2.75) is 0 Å². The van der Waals surface area contributed by atoms with E-state index in [4.69, 9.17) is 4.74 Å². The normalized spacial score (nSPS) is 9.83. The molecule has 0 aromatic heterocycles. The lowest BCUT2D eigenvalue weighted by molar-refractivity contribution is 0.0693. The maximum absolute atomic E-state index is 12.7. The van der Waals surface area contributed by atoms with Gasteiger partial charge >= 0.3 is 5.97 Å². The Kier molecular flexibility index (Phi) is 3.53. The SMILES string of the molecule is C=C(OC(=O)c1ccccc1)c1ccc(F)cc1. The highest BCUT2D eigenvalue weighted by atomic mass is 19.1. The molecule has 18 heavy (non-hydrogen) atoms. The first-order valence-electron chi connectivity index (χ1n) is 5.39. The van der Waals surface area contributed by atoms with E-state index in [1.165, 1.54) is 24.3 Å². The number of carbonyl (C=O) groups is 1. The summed E-state index contributed by atoms with van der Waals surface area (Å²) >= 11 is 0. The number of rotatable bonds is 3. The van der Waals surface area contributed by atoms with Gasteiger partial charge in [-0.2, -0.15) is 0 Å². The minimum atomic E-state index is -0.482. The van der Waals surface area contributed by atoms with Crippen LogP contribution in [0.25, 0.3) is 5.76 Å². The van der Waals surface area contributed by atoms with Gasteiger partial charge in [-0.3, -0.25) is 0 Å². The molecule has 0 heterocycles. The topological polar surface area (TPSA) is 26.3 Å². The summed E-state index contributed by atoms with van der Waals surface area (Å²) in [5.74, 6) is -0.630. The van der Waals surface area contributed by atoms with Crippen molar-refractivity contribution in [3.05, 3.63) is 78.1 Å². The van der Waals surface area contributed by atoms with E-state index in [1.807, 2.05) is 6.07 Å². The van der Waals surface area contributed by atoms with Crippen LogP contribution in [-0.2, 0) is 4.74 Å². The summed E-state index contributed by atoms with van der Waals surface area (Å²) < 4.78 is 17.8. The molecular weight excluding hydrogens is 231 g/mol. The molecule has 2 aromatic carbocycles. The van der Waals surface area contributed by atoms with E-state index in [0.29, 0.717) is 11.1 Å². The first kappa shape index (κ1) is 12.0. The van der Waals surface area contributed by atoms with Gasteiger partial charge in [-0.1, -0.05) is 24.8 Å². The molecule has 0 saturated heterocycles. The van der Waals surface area contributed by atoms with E-state index >= 15 is 0 Å². The van der Waals surface area contributed by atoms with Gasteiger partial charge in [0.1, 0.15) is 11.6 Å². The van der Waals surface area contributed by atoms with Crippen LogP contribution in [0.3, 0.4) is 0 Å². The molecule has 0 fully saturated rings. The molecule has 0 bridgehead atoms. The Hall–Kier alpha value is -2.42. The zero-order valence-corrected chi connectivity index (χ0v) is 9.60. The highest BCUT2D eigenvalue weighted by Gasteiger charge is 2.09. The monoisotopic (exact) mass is 242 g/mol. The van der Waals surface area contributed by atoms with Crippen molar-refractivity contribution in [2.24, 2.45) is 0 Å². The molecule has 3 heteroatoms. The van der Waals surface area contributed by atoms with Crippen LogP contribution in [0.4, 0.5) is 4.39 Å². The fraction of sp³-hybridized carbons (Fsp3) is 0. The molecule has 0 amide bonds. The Bertz CT molecular complexity index is 559. The smallest absolute Gasteiger partial charge is 0.343 e. The predicted molar refractivity (Wildman–Crippen MR) is 67.3 cm³/mol. The van der Waals surface area contributed by atoms with E-state index in [1.54, 1.807) is 24.3 Å². The quantitative estimate of drug-likeness (QED) is 0.606. The molecule has 0 N–H and O–H groups in total. The second-order valence-corrected chi connectivity index (χ2v) is 3.69. The summed E-state index contributed by atoms with van der Waals surface area (Å²) in [6.45, 7) is 3.65. The van der Waals surface area contributed by atoms with Gasteiger partial charge in [0.25, 0.3) is 0 Å². The Morgan fingerprint density at radius 2 is 1.56 bits per heavy atom. The molecule has 2 rings (SSSR count). The van der Waals surface area contributed by atoms with Crippen molar-refractivity contribution in [3.8, 4) is 0 Å². The fourth-order valence-electron chi connectivity index (χ4n) is 1.44. The van der Waals surface area contributed by atoms with Crippen molar-refractivity contribution < 1.29 is 13.9 Å². The molecule has 90 valence electrons. The maximum atomic E-state index is 12.7. The average Bonchev–Trinajstić information content (AvgIpc) is 2.40. The van der Waals surface area contributed by atoms with Gasteiger partial charge in [0, 0.05) is 5.56 Å². The largest absolute Gasteiger partial charge is 0.423 e. The third kappa shape index (κ3) is 2.83. The van der Waals surface area contributed by atoms with Gasteiger partial charge in [0.2, 0.25) is 0 Å². The van der Waals surface area contributed by atoms with Crippen LogP contribution >= 0.6 is 0 Å². The lowest BCUT2D eigenvalue weighted by Gasteiger charge is -2.07. The van der Waals surface area contributed by atoms with E-state index in [0.717, 1.165) is 0 Å². The number of benzene rings is 2. The lowest BCUT2D eigenvalue weighted by Crippen LogP contribution is -2.03. The van der Waals surface area contributed by atoms with E-state index in [2.05, 4.69) is 6.58 Å². The molecule has 0 aliphatic carbocycles. The Morgan fingerprint density at radius 3 is 2.17 bits per heavy atom. The van der Waals surface area contributed by atoms with Crippen molar-refractivity contribution in [2.75, 3.05) is 0 Å². The van der Waals surface area contributed by atoms with Crippen LogP contribution < -0.4 is 0 Å². The first-order valence-corrected chi connectivity index (χ1v) is 5.39. The van der Waals surface area contributed by atoms with Gasteiger partial charge in [-0.05, 0) is 36.4 Å². The Balaban J connectivity index is 2.08. The maximum Gasteiger partial charge on any atom is 0.343 e. The fourth-order valence-corrected chi connectivity index (χ4v) is 1.44. The molecule has 0 unspecified atom stereocenters. The van der Waals surface area contributed by atoms with Gasteiger partial charge in [-0.15, -0.1) is 0 Å². The highest BCUT2D eigenvalue weighted by Crippen LogP contribution is 2.16. The van der Waals surface area contributed by atoms with Gasteiger partial charge in [-0.25, -0.2) is 9.18 Å². The molecular formula is C15H11FO2. The first-order chi connectivity index (χ1) is 8.66. The lowest BCUT2D eigenvalue weighted by atomic mass is 10.2. The molecule has 2 aromatic rings. The van der Waals surface area contributed by atoms with E-state index < -0.39 is 5.97 Å². The van der Waals surface area contributed by atoms with Crippen LogP contribution in [0.2, 0.25) is 0 Å². The summed E-state index contributed by atoms with van der Waals surface area (Å²) in [5.41, 5.74) is 1.02. The summed E-state index contributed by atoms with van der Waals surface area (Å²) in [4.78, 5) is 11.7. The zero-order chi connectivity index (χ0) is 13.0. The minimum Gasteiger partial charge on any atom is -0.423 e. The molecule has 0 saturated carbocycles. The van der Waals surface area contributed by atoms with Crippen molar-refractivity contribution in [1.29, 1.82) is 0 Å². The number of carbonyl (C=O) groups excluding carboxylic acids is 1. The van der Waals surface area contributed by atoms with Gasteiger partial charge in [0.05, 0.1) is 5.56 Å². The van der Waals surface area contributed by atoms with Gasteiger partial charge < -0.3 is 4.74 Å². The summed E-state index contributed by atoms with van der Waals surface area (Å²) in [5, 5.41) is 0. The standard InChI is InChI=1S/C15H11FO2/c1-11(12-7-9-14(16)10-8-12)18-15(17)13-5-3-2-4-6-13/h2-10H,1H2. The van der Waals surface area contributed by atoms with Crippen molar-refractivity contribution >= 4 is 11.7 Å². The Labute approximate surface area is 104 Å². The highest BCUT2D eigenvalue weighted by molar-refractivity contribution is 5.92. The van der Waals surface area contributed by atoms with Gasteiger partial charge in [0.15, 0.2) is 0 Å². The van der Waals surface area contributed by atoms with Crippen LogP contribution in [0.5, 0.6) is 0 Å². The van der Waals surface area contributed by atoms with Crippen LogP contribution in [0.15, 0.2) is 61.2 Å². The summed E-state index contributed by atoms with van der Waals surface area (Å²) in [6, 6.07) is 14.2. The Morgan fingerprint density at radius 1 is 0.944 bits per heavy atom. The second kappa shape index (κ2) is 5.27. The third-order valence-corrected chi connectivity index (χ3v) is 2.39. The molecule has 2 nitrogen and oxygen atoms in total. The second-order valence-electron chi connectivity index (χ2n) is 3.69. The van der Waals surface area contributed by atoms with E-state index in [-0.39, 0.29) is 11.6 Å². The van der Waals surface area contributed by atoms with Crippen LogP contribution in [0.1, 0.15) is 15.9 Å². The predicted octanol–water partition coefficient (Wildman–Crippen LogP) is 3.65. The van der Waals surface area contributed by atoms with Crippen molar-refractivity contribution in [3.63, 3.8) is 0 Å². The molecule has 0 aliphatic heterocycles. The molecule has 0 aliphatic rings. The van der Waals surface area contributed by atoms with Crippen molar-refractivity contribution in [1.82, 2.24) is 0 Å². The average molecular weight is 242 g/mol. The zero-order valence-electron chi connectivity index (χ0n) is 9.60. The molecule has 0 radical (unpaired) electrons. The molecule has 0 spiro atoms. The number of esters is 1. The number of ether oxygens (including phenoxy) is 1. The minimum absolute atomic E-state index is 0.198. The summed E-state index contributed by atoms with van der Waals surface area (Å²) in [7, 11) is 0. The molecule has 0 atom stereocenters. The number of hydrogen-bond donors (Lipinski definition) is 0. The third-order valence-electron chi connectivity index (χ3n) is 2.39. The number of halogens is 1. The van der Waals surface area contributed by atoms with Crippen LogP contribution in [0, 0.1) is 5.82 Å². The number of hydrogen-bond acceptors (Lipinski definition) is 2. The summed E-state index contributed by atoms with van der Waals surface area (Å²) in [6.07, 6.45) is 0. The van der Waals surface area contributed by atoms with E-state index in [9.17, 15) is 9.18 Å². The van der Waals surface area contributed by atoms with Crippen LogP contribution in [-0.4, -0.2) is 5.97 Å².